The number of H-pyrrole nitrogens is 1. The van der Waals surface area contributed by atoms with Gasteiger partial charge in [-0.25, -0.2) is 13.4 Å². The zero-order chi connectivity index (χ0) is 27.4. The van der Waals surface area contributed by atoms with E-state index in [1.807, 2.05) is 14.0 Å². The Morgan fingerprint density at radius 1 is 1.18 bits per heavy atom. The van der Waals surface area contributed by atoms with Gasteiger partial charge < -0.3 is 14.8 Å². The Labute approximate surface area is 229 Å². The molecule has 0 amide bonds. The number of nitrogens with one attached hydrogen (secondary N) is 1. The van der Waals surface area contributed by atoms with Crippen molar-refractivity contribution in [2.45, 2.75) is 57.4 Å². The van der Waals surface area contributed by atoms with Crippen LogP contribution in [0.1, 0.15) is 45.7 Å². The Hall–Kier alpha value is -2.38. The summed E-state index contributed by atoms with van der Waals surface area (Å²) in [6.07, 6.45) is 3.19. The summed E-state index contributed by atoms with van der Waals surface area (Å²) in [6, 6.07) is 5.15. The van der Waals surface area contributed by atoms with Crippen LogP contribution in [0.2, 0.25) is 0 Å². The van der Waals surface area contributed by atoms with Crippen molar-refractivity contribution in [2.75, 3.05) is 39.4 Å². The SMILES string of the molecule is CCCOc1ccc(S(=O)(=O)N2CCN(C(C)CCO)CC2)cc1-c1nc(=S)c2c([nH]1)c(CCC)nn2C. The maximum Gasteiger partial charge on any atom is 0.243 e. The molecular formula is C26H38N6O4S2. The van der Waals surface area contributed by atoms with Crippen LogP contribution in [0, 0.1) is 4.64 Å². The van der Waals surface area contributed by atoms with E-state index in [1.54, 1.807) is 22.9 Å². The summed E-state index contributed by atoms with van der Waals surface area (Å²) in [4.78, 5) is 10.4. The molecule has 0 saturated carbocycles. The molecule has 0 bridgehead atoms. The van der Waals surface area contributed by atoms with E-state index in [0.717, 1.165) is 36.0 Å². The van der Waals surface area contributed by atoms with Gasteiger partial charge in [-0.1, -0.05) is 32.5 Å². The second kappa shape index (κ2) is 12.2. The van der Waals surface area contributed by atoms with E-state index >= 15 is 0 Å². The van der Waals surface area contributed by atoms with Gasteiger partial charge in [0.25, 0.3) is 0 Å². The van der Waals surface area contributed by atoms with Crippen LogP contribution in [-0.4, -0.2) is 87.9 Å². The number of aliphatic hydroxyl groups is 1. The van der Waals surface area contributed by atoms with E-state index in [9.17, 15) is 13.5 Å². The molecule has 10 nitrogen and oxygen atoms in total. The molecule has 38 heavy (non-hydrogen) atoms. The van der Waals surface area contributed by atoms with Crippen molar-refractivity contribution in [1.29, 1.82) is 0 Å². The smallest absolute Gasteiger partial charge is 0.243 e. The Kier molecular flexibility index (Phi) is 9.19. The molecule has 208 valence electrons. The largest absolute Gasteiger partial charge is 0.493 e. The van der Waals surface area contributed by atoms with Gasteiger partial charge >= 0.3 is 0 Å². The normalized spacial score (nSPS) is 16.2. The molecule has 2 N–H and O–H groups in total. The van der Waals surface area contributed by atoms with Gasteiger partial charge in [0.2, 0.25) is 10.0 Å². The van der Waals surface area contributed by atoms with Crippen molar-refractivity contribution in [2.24, 2.45) is 7.05 Å². The summed E-state index contributed by atoms with van der Waals surface area (Å²) in [6.45, 7) is 8.81. The molecule has 1 saturated heterocycles. The third-order valence-electron chi connectivity index (χ3n) is 7.01. The minimum Gasteiger partial charge on any atom is -0.493 e. The summed E-state index contributed by atoms with van der Waals surface area (Å²) in [5.41, 5.74) is 3.01. The molecule has 3 heterocycles. The van der Waals surface area contributed by atoms with Crippen molar-refractivity contribution >= 4 is 33.3 Å². The molecule has 12 heteroatoms. The number of ether oxygens (including phenoxy) is 1. The maximum atomic E-state index is 13.7. The fourth-order valence-electron chi connectivity index (χ4n) is 4.89. The van der Waals surface area contributed by atoms with E-state index in [2.05, 4.69) is 33.8 Å². The molecule has 1 unspecified atom stereocenters. The summed E-state index contributed by atoms with van der Waals surface area (Å²) in [5.74, 6) is 1.01. The van der Waals surface area contributed by atoms with Crippen LogP contribution in [-0.2, 0) is 23.5 Å². The van der Waals surface area contributed by atoms with Crippen LogP contribution >= 0.6 is 12.2 Å². The van der Waals surface area contributed by atoms with Gasteiger partial charge in [0.05, 0.1) is 28.3 Å². The van der Waals surface area contributed by atoms with Gasteiger partial charge in [-0.05, 0) is 44.4 Å². The number of rotatable bonds is 11. The summed E-state index contributed by atoms with van der Waals surface area (Å²) in [5, 5.41) is 13.9. The Morgan fingerprint density at radius 2 is 1.92 bits per heavy atom. The molecule has 1 aromatic carbocycles. The molecule has 0 radical (unpaired) electrons. The van der Waals surface area contributed by atoms with E-state index in [4.69, 9.17) is 17.0 Å². The van der Waals surface area contributed by atoms with Crippen LogP contribution in [0.4, 0.5) is 0 Å². The zero-order valence-corrected chi connectivity index (χ0v) is 24.2. The van der Waals surface area contributed by atoms with Crippen molar-refractivity contribution in [3.63, 3.8) is 0 Å². The minimum atomic E-state index is -3.74. The average Bonchev–Trinajstić information content (AvgIpc) is 3.23. The number of aryl methyl sites for hydroxylation is 2. The highest BCUT2D eigenvalue weighted by molar-refractivity contribution is 7.89. The highest BCUT2D eigenvalue weighted by Crippen LogP contribution is 2.33. The molecule has 2 aromatic heterocycles. The minimum absolute atomic E-state index is 0.122. The molecule has 1 fully saturated rings. The topological polar surface area (TPSA) is 117 Å². The average molecular weight is 563 g/mol. The first-order valence-electron chi connectivity index (χ1n) is 13.3. The van der Waals surface area contributed by atoms with Crippen LogP contribution in [0.25, 0.3) is 22.4 Å². The zero-order valence-electron chi connectivity index (χ0n) is 22.6. The first kappa shape index (κ1) is 28.6. The Balaban J connectivity index is 1.73. The van der Waals surface area contributed by atoms with E-state index in [0.29, 0.717) is 61.0 Å². The van der Waals surface area contributed by atoms with Gasteiger partial charge in [0.15, 0.2) is 4.64 Å². The first-order valence-corrected chi connectivity index (χ1v) is 15.1. The van der Waals surface area contributed by atoms with Crippen molar-refractivity contribution in [1.82, 2.24) is 29.0 Å². The predicted octanol–water partition coefficient (Wildman–Crippen LogP) is 3.51. The Bertz CT molecular complexity index is 1430. The number of hydrogen-bond acceptors (Lipinski definition) is 8. The number of benzene rings is 1. The maximum absolute atomic E-state index is 13.7. The molecule has 1 aliphatic heterocycles. The van der Waals surface area contributed by atoms with Crippen molar-refractivity contribution < 1.29 is 18.3 Å². The number of hydrogen-bond donors (Lipinski definition) is 2. The lowest BCUT2D eigenvalue weighted by Gasteiger charge is -2.37. The number of aromatic nitrogens is 4. The Morgan fingerprint density at radius 3 is 2.58 bits per heavy atom. The fourth-order valence-corrected chi connectivity index (χ4v) is 6.67. The third-order valence-corrected chi connectivity index (χ3v) is 9.19. The molecule has 1 atom stereocenters. The van der Waals surface area contributed by atoms with Gasteiger partial charge in [-0.3, -0.25) is 9.58 Å². The molecule has 4 rings (SSSR count). The number of nitrogens with zero attached hydrogens (tertiary/aromatic N) is 5. The third kappa shape index (κ3) is 5.79. The van der Waals surface area contributed by atoms with Crippen molar-refractivity contribution in [3.05, 3.63) is 28.5 Å². The summed E-state index contributed by atoms with van der Waals surface area (Å²) >= 11 is 5.64. The molecular weight excluding hydrogens is 524 g/mol. The number of fused-ring (bicyclic) bond motifs is 1. The number of piperazine rings is 1. The number of aliphatic hydroxyl groups excluding tert-OH is 1. The monoisotopic (exact) mass is 562 g/mol. The highest BCUT2D eigenvalue weighted by Gasteiger charge is 2.31. The highest BCUT2D eigenvalue weighted by atomic mass is 32.2. The lowest BCUT2D eigenvalue weighted by Crippen LogP contribution is -2.51. The first-order chi connectivity index (χ1) is 18.2. The molecule has 0 spiro atoms. The fraction of sp³-hybridized carbons (Fsp3) is 0.577. The van der Waals surface area contributed by atoms with E-state index < -0.39 is 10.0 Å². The molecule has 3 aromatic rings. The van der Waals surface area contributed by atoms with Crippen LogP contribution < -0.4 is 4.74 Å². The standard InChI is InChI=1S/C26H38N6O4S2/c1-5-7-21-23-24(30(4)29-21)26(37)28-25(27-23)20-17-19(8-9-22(20)36-16-6-2)38(34,35)32-13-11-31(12-14-32)18(3)10-15-33/h8-9,17-18,33H,5-7,10-16H2,1-4H3,(H,27,28,37). The van der Waals surface area contributed by atoms with Gasteiger partial charge in [-0.15, -0.1) is 0 Å². The summed E-state index contributed by atoms with van der Waals surface area (Å²) < 4.78 is 37.0. The van der Waals surface area contributed by atoms with Gasteiger partial charge in [-0.2, -0.15) is 9.40 Å². The van der Waals surface area contributed by atoms with Crippen LogP contribution in [0.15, 0.2) is 23.1 Å². The van der Waals surface area contributed by atoms with Crippen molar-refractivity contribution in [3.8, 4) is 17.1 Å². The summed E-state index contributed by atoms with van der Waals surface area (Å²) in [7, 11) is -1.89. The lowest BCUT2D eigenvalue weighted by atomic mass is 10.1. The number of aromatic amines is 1. The number of sulfonamides is 1. The quantitative estimate of drug-likeness (QED) is 0.341. The second-order valence-corrected chi connectivity index (χ2v) is 12.1. The molecule has 1 aliphatic rings. The molecule has 0 aliphatic carbocycles. The van der Waals surface area contributed by atoms with E-state index in [-0.39, 0.29) is 17.5 Å². The van der Waals surface area contributed by atoms with Crippen LogP contribution in [0.3, 0.4) is 0 Å². The predicted molar refractivity (Wildman–Crippen MR) is 150 cm³/mol. The second-order valence-electron chi connectivity index (χ2n) is 9.74. The van der Waals surface area contributed by atoms with E-state index in [1.165, 1.54) is 4.31 Å². The lowest BCUT2D eigenvalue weighted by molar-refractivity contribution is 0.124. The van der Waals surface area contributed by atoms with Gasteiger partial charge in [0, 0.05) is 45.9 Å². The van der Waals surface area contributed by atoms with Gasteiger partial charge in [0.1, 0.15) is 17.1 Å². The van der Waals surface area contributed by atoms with Crippen LogP contribution in [0.5, 0.6) is 5.75 Å².